The van der Waals surface area contributed by atoms with Gasteiger partial charge >= 0.3 is 0 Å². The molecule has 0 amide bonds. The van der Waals surface area contributed by atoms with Crippen molar-refractivity contribution in [3.05, 3.63) is 16.1 Å². The van der Waals surface area contributed by atoms with Crippen molar-refractivity contribution < 1.29 is 0 Å². The average molecular weight is 281 g/mol. The summed E-state index contributed by atoms with van der Waals surface area (Å²) in [5.41, 5.74) is 0.307. The van der Waals surface area contributed by atoms with Crippen LogP contribution in [-0.4, -0.2) is 35.6 Å². The topological polar surface area (TPSA) is 28.2 Å². The van der Waals surface area contributed by atoms with Crippen LogP contribution in [0, 0.1) is 12.3 Å². The number of thiazole rings is 1. The van der Waals surface area contributed by atoms with Crippen LogP contribution in [0.15, 0.2) is 6.20 Å². The van der Waals surface area contributed by atoms with Gasteiger partial charge in [0.05, 0.1) is 6.04 Å². The molecular formula is C15H27N3S. The Bertz CT molecular complexity index is 408. The van der Waals surface area contributed by atoms with Gasteiger partial charge in [-0.2, -0.15) is 0 Å². The summed E-state index contributed by atoms with van der Waals surface area (Å²) in [6.45, 7) is 14.8. The van der Waals surface area contributed by atoms with Crippen LogP contribution in [0.2, 0.25) is 0 Å². The summed E-state index contributed by atoms with van der Waals surface area (Å²) in [4.78, 5) is 8.46. The van der Waals surface area contributed by atoms with Crippen molar-refractivity contribution in [3.63, 3.8) is 0 Å². The molecule has 2 unspecified atom stereocenters. The van der Waals surface area contributed by atoms with E-state index in [1.807, 2.05) is 17.5 Å². The first kappa shape index (κ1) is 14.9. The van der Waals surface area contributed by atoms with Gasteiger partial charge in [-0.1, -0.05) is 20.8 Å². The average Bonchev–Trinajstić information content (AvgIpc) is 2.62. The van der Waals surface area contributed by atoms with Crippen molar-refractivity contribution in [3.8, 4) is 0 Å². The molecule has 0 aliphatic carbocycles. The largest absolute Gasteiger partial charge is 0.312 e. The van der Waals surface area contributed by atoms with Gasteiger partial charge in [-0.15, -0.1) is 11.3 Å². The van der Waals surface area contributed by atoms with Gasteiger partial charge in [-0.05, 0) is 32.2 Å². The molecule has 1 fully saturated rings. The van der Waals surface area contributed by atoms with Crippen molar-refractivity contribution in [1.29, 1.82) is 0 Å². The number of nitrogens with zero attached hydrogens (tertiary/aromatic N) is 2. The summed E-state index contributed by atoms with van der Waals surface area (Å²) in [5, 5.41) is 4.96. The third-order valence-corrected chi connectivity index (χ3v) is 5.10. The predicted molar refractivity (Wildman–Crippen MR) is 82.7 cm³/mol. The van der Waals surface area contributed by atoms with Crippen LogP contribution in [0.5, 0.6) is 0 Å². The summed E-state index contributed by atoms with van der Waals surface area (Å²) in [5.74, 6) is 0. The molecule has 1 aromatic rings. The molecule has 108 valence electrons. The fourth-order valence-electron chi connectivity index (χ4n) is 2.60. The third kappa shape index (κ3) is 3.77. The highest BCUT2D eigenvalue weighted by Gasteiger charge is 2.30. The van der Waals surface area contributed by atoms with Gasteiger partial charge in [-0.25, -0.2) is 4.98 Å². The molecule has 0 spiro atoms. The Morgan fingerprint density at radius 1 is 1.47 bits per heavy atom. The maximum atomic E-state index is 4.57. The molecule has 1 aliphatic heterocycles. The Hall–Kier alpha value is -0.450. The third-order valence-electron chi connectivity index (χ3n) is 4.02. The zero-order chi connectivity index (χ0) is 14.0. The standard InChI is InChI=1S/C15H27N3S/c1-11-9-17-14(19-11)12(2)18-8-6-7-16-13(10-18)15(3,4)5/h9,12-13,16H,6-8,10H2,1-5H3. The molecule has 19 heavy (non-hydrogen) atoms. The monoisotopic (exact) mass is 281 g/mol. The van der Waals surface area contributed by atoms with E-state index in [-0.39, 0.29) is 0 Å². The Balaban J connectivity index is 2.09. The molecular weight excluding hydrogens is 254 g/mol. The van der Waals surface area contributed by atoms with Crippen LogP contribution in [0.25, 0.3) is 0 Å². The molecule has 1 aliphatic rings. The maximum absolute atomic E-state index is 4.57. The molecule has 2 rings (SSSR count). The maximum Gasteiger partial charge on any atom is 0.110 e. The van der Waals surface area contributed by atoms with Gasteiger partial charge in [0, 0.05) is 30.2 Å². The molecule has 0 radical (unpaired) electrons. The summed E-state index contributed by atoms with van der Waals surface area (Å²) in [7, 11) is 0. The zero-order valence-electron chi connectivity index (χ0n) is 12.9. The van der Waals surface area contributed by atoms with E-state index in [0.717, 1.165) is 13.1 Å². The van der Waals surface area contributed by atoms with Gasteiger partial charge < -0.3 is 5.32 Å². The van der Waals surface area contributed by atoms with Gasteiger partial charge in [0.15, 0.2) is 0 Å². The number of rotatable bonds is 2. The number of nitrogens with one attached hydrogen (secondary N) is 1. The van der Waals surface area contributed by atoms with Crippen molar-refractivity contribution in [2.24, 2.45) is 5.41 Å². The first-order valence-corrected chi connectivity index (χ1v) is 8.09. The molecule has 2 heterocycles. The number of hydrogen-bond donors (Lipinski definition) is 1. The number of hydrogen-bond acceptors (Lipinski definition) is 4. The van der Waals surface area contributed by atoms with E-state index in [2.05, 4.69) is 49.8 Å². The lowest BCUT2D eigenvalue weighted by Gasteiger charge is -2.35. The first-order valence-electron chi connectivity index (χ1n) is 7.27. The van der Waals surface area contributed by atoms with Crippen LogP contribution in [0.4, 0.5) is 0 Å². The van der Waals surface area contributed by atoms with E-state index >= 15 is 0 Å². The van der Waals surface area contributed by atoms with Crippen LogP contribution in [-0.2, 0) is 0 Å². The Labute approximate surface area is 121 Å². The van der Waals surface area contributed by atoms with E-state index in [1.165, 1.54) is 22.9 Å². The summed E-state index contributed by atoms with van der Waals surface area (Å²) in [6.07, 6.45) is 3.22. The van der Waals surface area contributed by atoms with Crippen LogP contribution < -0.4 is 5.32 Å². The van der Waals surface area contributed by atoms with Gasteiger partial charge in [0.2, 0.25) is 0 Å². The lowest BCUT2D eigenvalue weighted by Crippen LogP contribution is -2.46. The normalized spacial score (nSPS) is 24.2. The van der Waals surface area contributed by atoms with Gasteiger partial charge in [0.1, 0.15) is 5.01 Å². The zero-order valence-corrected chi connectivity index (χ0v) is 13.7. The van der Waals surface area contributed by atoms with E-state index in [9.17, 15) is 0 Å². The van der Waals surface area contributed by atoms with E-state index in [0.29, 0.717) is 17.5 Å². The predicted octanol–water partition coefficient (Wildman–Crippen LogP) is 3.22. The second-order valence-corrected chi connectivity index (χ2v) is 7.97. The molecule has 3 nitrogen and oxygen atoms in total. The number of aryl methyl sites for hydroxylation is 1. The van der Waals surface area contributed by atoms with E-state index < -0.39 is 0 Å². The SMILES string of the molecule is Cc1cnc(C(C)N2CCCNC(C(C)(C)C)C2)s1. The lowest BCUT2D eigenvalue weighted by atomic mass is 9.86. The molecule has 1 N–H and O–H groups in total. The summed E-state index contributed by atoms with van der Waals surface area (Å²) in [6, 6.07) is 0.988. The Kier molecular flexibility index (Phi) is 4.64. The van der Waals surface area contributed by atoms with Crippen molar-refractivity contribution in [2.75, 3.05) is 19.6 Å². The molecule has 1 saturated heterocycles. The molecule has 2 atom stereocenters. The summed E-state index contributed by atoms with van der Waals surface area (Å²) >= 11 is 1.83. The smallest absolute Gasteiger partial charge is 0.110 e. The minimum atomic E-state index is 0.307. The molecule has 1 aromatic heterocycles. The second kappa shape index (κ2) is 5.90. The first-order chi connectivity index (χ1) is 8.88. The van der Waals surface area contributed by atoms with Crippen LogP contribution in [0.1, 0.15) is 50.0 Å². The minimum Gasteiger partial charge on any atom is -0.312 e. The van der Waals surface area contributed by atoms with Gasteiger partial charge in [0.25, 0.3) is 0 Å². The molecule has 4 heteroatoms. The highest BCUT2D eigenvalue weighted by molar-refractivity contribution is 7.11. The fourth-order valence-corrected chi connectivity index (χ4v) is 3.46. The lowest BCUT2D eigenvalue weighted by molar-refractivity contribution is 0.162. The van der Waals surface area contributed by atoms with E-state index in [4.69, 9.17) is 0 Å². The highest BCUT2D eigenvalue weighted by atomic mass is 32.1. The van der Waals surface area contributed by atoms with Crippen LogP contribution >= 0.6 is 11.3 Å². The van der Waals surface area contributed by atoms with Gasteiger partial charge in [-0.3, -0.25) is 4.90 Å². The Morgan fingerprint density at radius 2 is 2.21 bits per heavy atom. The highest BCUT2D eigenvalue weighted by Crippen LogP contribution is 2.28. The molecule has 0 aromatic carbocycles. The van der Waals surface area contributed by atoms with E-state index in [1.54, 1.807) is 0 Å². The number of aromatic nitrogens is 1. The minimum absolute atomic E-state index is 0.307. The Morgan fingerprint density at radius 3 is 2.79 bits per heavy atom. The quantitative estimate of drug-likeness (QED) is 0.902. The fraction of sp³-hybridized carbons (Fsp3) is 0.800. The van der Waals surface area contributed by atoms with Crippen molar-refractivity contribution in [2.45, 2.75) is 53.1 Å². The summed E-state index contributed by atoms with van der Waals surface area (Å²) < 4.78 is 0. The second-order valence-electron chi connectivity index (χ2n) is 6.71. The van der Waals surface area contributed by atoms with Crippen molar-refractivity contribution in [1.82, 2.24) is 15.2 Å². The van der Waals surface area contributed by atoms with Crippen LogP contribution in [0.3, 0.4) is 0 Å². The van der Waals surface area contributed by atoms with Crippen molar-refractivity contribution >= 4 is 11.3 Å². The molecule has 0 bridgehead atoms. The molecule has 0 saturated carbocycles.